The van der Waals surface area contributed by atoms with Crippen molar-refractivity contribution < 1.29 is 14.3 Å². The van der Waals surface area contributed by atoms with Crippen LogP contribution in [0.2, 0.25) is 0 Å². The van der Waals surface area contributed by atoms with Crippen LogP contribution >= 0.6 is 0 Å². The number of carbonyl (C=O) groups is 1. The van der Waals surface area contributed by atoms with Gasteiger partial charge in [0.25, 0.3) is 0 Å². The van der Waals surface area contributed by atoms with Gasteiger partial charge in [0, 0.05) is 18.2 Å². The molecular formula is C29H27NO3. The first-order valence-electron chi connectivity index (χ1n) is 10.9. The Morgan fingerprint density at radius 3 is 1.61 bits per heavy atom. The normalized spacial score (nSPS) is 11.0. The van der Waals surface area contributed by atoms with Gasteiger partial charge >= 0.3 is 0 Å². The third-order valence-corrected chi connectivity index (χ3v) is 5.89. The predicted molar refractivity (Wildman–Crippen MR) is 131 cm³/mol. The lowest BCUT2D eigenvalue weighted by atomic mass is 9.68. The number of benzene rings is 4. The average molecular weight is 438 g/mol. The van der Waals surface area contributed by atoms with Crippen LogP contribution in [0.3, 0.4) is 0 Å². The second-order valence-electron chi connectivity index (χ2n) is 7.71. The lowest BCUT2D eigenvalue weighted by Crippen LogP contribution is -2.46. The highest BCUT2D eigenvalue weighted by Crippen LogP contribution is 2.39. The van der Waals surface area contributed by atoms with Gasteiger partial charge in [0.15, 0.2) is 0 Å². The smallest absolute Gasteiger partial charge is 0.239 e. The summed E-state index contributed by atoms with van der Waals surface area (Å²) < 4.78 is 10.8. The van der Waals surface area contributed by atoms with Gasteiger partial charge in [-0.3, -0.25) is 4.79 Å². The first kappa shape index (κ1) is 22.2. The fraction of sp³-hybridized carbons (Fsp3) is 0.138. The van der Waals surface area contributed by atoms with E-state index in [9.17, 15) is 4.79 Å². The van der Waals surface area contributed by atoms with Crippen LogP contribution < -0.4 is 14.8 Å². The van der Waals surface area contributed by atoms with Crippen molar-refractivity contribution in [1.82, 2.24) is 5.32 Å². The monoisotopic (exact) mass is 437 g/mol. The van der Waals surface area contributed by atoms with E-state index >= 15 is 0 Å². The van der Waals surface area contributed by atoms with Crippen molar-refractivity contribution in [3.8, 4) is 11.5 Å². The standard InChI is InChI=1S/C29H27NO3/c1-32-26-19-18-22(27(20-26)33-2)21-30-28(31)29(23-12-6-3-7-13-23,24-14-8-4-9-15-24)25-16-10-5-11-17-25/h3-20H,21H2,1-2H3,(H,30,31). The Morgan fingerprint density at radius 2 is 1.18 bits per heavy atom. The minimum atomic E-state index is -1.01. The molecule has 4 heteroatoms. The molecular weight excluding hydrogens is 410 g/mol. The van der Waals surface area contributed by atoms with Crippen LogP contribution in [-0.4, -0.2) is 20.1 Å². The van der Waals surface area contributed by atoms with Crippen molar-refractivity contribution in [2.45, 2.75) is 12.0 Å². The third-order valence-electron chi connectivity index (χ3n) is 5.89. The minimum Gasteiger partial charge on any atom is -0.497 e. The first-order chi connectivity index (χ1) is 16.2. The molecule has 4 aromatic rings. The lowest BCUT2D eigenvalue weighted by molar-refractivity contribution is -0.124. The molecule has 4 rings (SSSR count). The molecule has 0 aromatic heterocycles. The largest absolute Gasteiger partial charge is 0.497 e. The van der Waals surface area contributed by atoms with Gasteiger partial charge in [-0.15, -0.1) is 0 Å². The fourth-order valence-corrected chi connectivity index (χ4v) is 4.26. The highest BCUT2D eigenvalue weighted by atomic mass is 16.5. The number of ether oxygens (including phenoxy) is 2. The van der Waals surface area contributed by atoms with Crippen molar-refractivity contribution in [2.24, 2.45) is 0 Å². The maximum Gasteiger partial charge on any atom is 0.239 e. The highest BCUT2D eigenvalue weighted by Gasteiger charge is 2.43. The van der Waals surface area contributed by atoms with Gasteiger partial charge < -0.3 is 14.8 Å². The number of methoxy groups -OCH3 is 2. The van der Waals surface area contributed by atoms with Gasteiger partial charge in [0.2, 0.25) is 5.91 Å². The summed E-state index contributed by atoms with van der Waals surface area (Å²) in [5.74, 6) is 1.26. The van der Waals surface area contributed by atoms with Crippen LogP contribution in [0.15, 0.2) is 109 Å². The Kier molecular flexibility index (Phi) is 6.75. The number of carbonyl (C=O) groups excluding carboxylic acids is 1. The molecule has 0 heterocycles. The minimum absolute atomic E-state index is 0.107. The zero-order valence-corrected chi connectivity index (χ0v) is 18.8. The molecule has 0 aliphatic rings. The quantitative estimate of drug-likeness (QED) is 0.378. The summed E-state index contributed by atoms with van der Waals surface area (Å²) in [6.07, 6.45) is 0. The van der Waals surface area contributed by atoms with Gasteiger partial charge in [-0.25, -0.2) is 0 Å². The van der Waals surface area contributed by atoms with E-state index < -0.39 is 5.41 Å². The molecule has 0 saturated carbocycles. The number of hydrogen-bond acceptors (Lipinski definition) is 3. The third kappa shape index (κ3) is 4.33. The summed E-state index contributed by atoms with van der Waals surface area (Å²) in [5, 5.41) is 3.19. The summed E-state index contributed by atoms with van der Waals surface area (Å²) >= 11 is 0. The second-order valence-corrected chi connectivity index (χ2v) is 7.71. The van der Waals surface area contributed by atoms with Gasteiger partial charge in [-0.1, -0.05) is 91.0 Å². The van der Waals surface area contributed by atoms with Crippen LogP contribution in [-0.2, 0) is 16.8 Å². The Bertz CT molecular complexity index is 1090. The Morgan fingerprint density at radius 1 is 0.697 bits per heavy atom. The molecule has 166 valence electrons. The van der Waals surface area contributed by atoms with E-state index in [-0.39, 0.29) is 5.91 Å². The molecule has 33 heavy (non-hydrogen) atoms. The van der Waals surface area contributed by atoms with Crippen molar-refractivity contribution in [3.63, 3.8) is 0 Å². The highest BCUT2D eigenvalue weighted by molar-refractivity contribution is 5.96. The molecule has 0 fully saturated rings. The first-order valence-corrected chi connectivity index (χ1v) is 10.9. The van der Waals surface area contributed by atoms with Crippen LogP contribution in [0.5, 0.6) is 11.5 Å². The van der Waals surface area contributed by atoms with Gasteiger partial charge in [-0.2, -0.15) is 0 Å². The molecule has 0 unspecified atom stereocenters. The summed E-state index contributed by atoms with van der Waals surface area (Å²) in [6, 6.07) is 35.3. The zero-order valence-electron chi connectivity index (χ0n) is 18.8. The van der Waals surface area contributed by atoms with Crippen LogP contribution in [0.4, 0.5) is 0 Å². The number of amides is 1. The number of rotatable bonds is 8. The molecule has 0 radical (unpaired) electrons. The Labute approximate surface area is 194 Å². The molecule has 0 atom stereocenters. The van der Waals surface area contributed by atoms with Crippen LogP contribution in [0.1, 0.15) is 22.3 Å². The van der Waals surface area contributed by atoms with Crippen molar-refractivity contribution in [3.05, 3.63) is 131 Å². The van der Waals surface area contributed by atoms with Gasteiger partial charge in [-0.05, 0) is 28.8 Å². The number of nitrogens with one attached hydrogen (secondary N) is 1. The summed E-state index contributed by atoms with van der Waals surface area (Å²) in [5.41, 5.74) is 2.57. The van der Waals surface area contributed by atoms with Crippen molar-refractivity contribution >= 4 is 5.91 Å². The van der Waals surface area contributed by atoms with Gasteiger partial charge in [0.1, 0.15) is 16.9 Å². The lowest BCUT2D eigenvalue weighted by Gasteiger charge is -2.34. The Balaban J connectivity index is 1.81. The topological polar surface area (TPSA) is 47.6 Å². The average Bonchev–Trinajstić information content (AvgIpc) is 2.89. The summed E-state index contributed by atoms with van der Waals surface area (Å²) in [6.45, 7) is 0.320. The molecule has 0 aliphatic heterocycles. The summed E-state index contributed by atoms with van der Waals surface area (Å²) in [4.78, 5) is 14.2. The van der Waals surface area contributed by atoms with E-state index in [1.54, 1.807) is 14.2 Å². The van der Waals surface area contributed by atoms with E-state index in [0.29, 0.717) is 18.0 Å². The predicted octanol–water partition coefficient (Wildman–Crippen LogP) is 5.35. The van der Waals surface area contributed by atoms with Crippen molar-refractivity contribution in [2.75, 3.05) is 14.2 Å². The molecule has 1 amide bonds. The molecule has 4 aromatic carbocycles. The van der Waals surface area contributed by atoms with E-state index in [1.807, 2.05) is 109 Å². The maximum atomic E-state index is 14.2. The summed E-state index contributed by atoms with van der Waals surface area (Å²) in [7, 11) is 3.23. The van der Waals surface area contributed by atoms with E-state index in [2.05, 4.69) is 5.32 Å². The Hall–Kier alpha value is -4.05. The van der Waals surface area contributed by atoms with Crippen molar-refractivity contribution in [1.29, 1.82) is 0 Å². The number of hydrogen-bond donors (Lipinski definition) is 1. The van der Waals surface area contributed by atoms with E-state index in [1.165, 1.54) is 0 Å². The maximum absolute atomic E-state index is 14.2. The molecule has 4 nitrogen and oxygen atoms in total. The van der Waals surface area contributed by atoms with Gasteiger partial charge in [0.05, 0.1) is 14.2 Å². The SMILES string of the molecule is COc1ccc(CNC(=O)C(c2ccccc2)(c2ccccc2)c2ccccc2)c(OC)c1. The second kappa shape index (κ2) is 10.0. The molecule has 0 saturated heterocycles. The molecule has 0 bridgehead atoms. The fourth-order valence-electron chi connectivity index (χ4n) is 4.26. The van der Waals surface area contributed by atoms with E-state index in [4.69, 9.17) is 9.47 Å². The van der Waals surface area contributed by atoms with Crippen LogP contribution in [0.25, 0.3) is 0 Å². The molecule has 1 N–H and O–H groups in total. The van der Waals surface area contributed by atoms with Crippen LogP contribution in [0, 0.1) is 0 Å². The zero-order chi connectivity index (χ0) is 23.1. The molecule has 0 spiro atoms. The van der Waals surface area contributed by atoms with E-state index in [0.717, 1.165) is 22.3 Å². The molecule has 0 aliphatic carbocycles.